The van der Waals surface area contributed by atoms with E-state index in [1.807, 2.05) is 0 Å². The summed E-state index contributed by atoms with van der Waals surface area (Å²) in [5, 5.41) is 6.42. The van der Waals surface area contributed by atoms with Crippen LogP contribution in [0.25, 0.3) is 0 Å². The van der Waals surface area contributed by atoms with Gasteiger partial charge in [0.1, 0.15) is 0 Å². The summed E-state index contributed by atoms with van der Waals surface area (Å²) < 4.78 is 0. The van der Waals surface area contributed by atoms with Crippen LogP contribution in [-0.4, -0.2) is 25.7 Å². The third-order valence-electron chi connectivity index (χ3n) is 1.13. The van der Waals surface area contributed by atoms with Gasteiger partial charge in [-0.1, -0.05) is 0 Å². The molecule has 2 N–H and O–H groups in total. The molecule has 1 saturated heterocycles. The minimum absolute atomic E-state index is 0.425. The van der Waals surface area contributed by atoms with E-state index in [1.165, 1.54) is 0 Å². The second kappa shape index (κ2) is 2.28. The van der Waals surface area contributed by atoms with E-state index in [9.17, 15) is 0 Å². The normalized spacial score (nSPS) is 33.0. The zero-order valence-electron chi connectivity index (χ0n) is 4.41. The average Bonchev–Trinajstić information content (AvgIpc) is 1.69. The molecule has 7 heavy (non-hydrogen) atoms. The molecule has 0 amide bonds. The fourth-order valence-electron chi connectivity index (χ4n) is 0.713. The van der Waals surface area contributed by atoms with Crippen LogP contribution < -0.4 is 10.6 Å². The van der Waals surface area contributed by atoms with Crippen molar-refractivity contribution >= 4 is 0 Å². The van der Waals surface area contributed by atoms with Gasteiger partial charge in [-0.15, -0.1) is 0 Å². The summed E-state index contributed by atoms with van der Waals surface area (Å²) in [6, 6.07) is 0.425. The molecule has 2 heteroatoms. The molecule has 1 rings (SSSR count). The summed E-state index contributed by atoms with van der Waals surface area (Å²) in [5.74, 6) is 0. The molecular weight excluding hydrogens is 88.1 g/mol. The zero-order chi connectivity index (χ0) is 5.11. The van der Waals surface area contributed by atoms with Crippen molar-refractivity contribution in [3.8, 4) is 0 Å². The van der Waals surface area contributed by atoms with Crippen LogP contribution in [0, 0.1) is 6.92 Å². The summed E-state index contributed by atoms with van der Waals surface area (Å²) in [6.07, 6.45) is 0. The Morgan fingerprint density at radius 1 is 1.43 bits per heavy atom. The van der Waals surface area contributed by atoms with Gasteiger partial charge in [0.25, 0.3) is 0 Å². The molecule has 1 aliphatic heterocycles. The highest BCUT2D eigenvalue weighted by molar-refractivity contribution is 4.76. The van der Waals surface area contributed by atoms with Crippen molar-refractivity contribution in [3.63, 3.8) is 0 Å². The molecule has 0 aromatic carbocycles. The SMILES string of the molecule is [CH2][C@@H]1CNCCN1. The molecule has 0 saturated carbocycles. The van der Waals surface area contributed by atoms with E-state index in [-0.39, 0.29) is 0 Å². The molecule has 41 valence electrons. The Bertz CT molecular complexity index is 48.0. The maximum absolute atomic E-state index is 3.82. The fourth-order valence-corrected chi connectivity index (χ4v) is 0.713. The monoisotopic (exact) mass is 99.1 g/mol. The molecule has 0 aromatic rings. The Morgan fingerprint density at radius 3 is 2.57 bits per heavy atom. The van der Waals surface area contributed by atoms with Gasteiger partial charge in [-0.05, 0) is 6.92 Å². The first kappa shape index (κ1) is 5.06. The van der Waals surface area contributed by atoms with E-state index >= 15 is 0 Å². The van der Waals surface area contributed by atoms with Crippen LogP contribution in [-0.2, 0) is 0 Å². The number of hydrogen-bond donors (Lipinski definition) is 2. The van der Waals surface area contributed by atoms with Crippen molar-refractivity contribution in [2.24, 2.45) is 0 Å². The summed E-state index contributed by atoms with van der Waals surface area (Å²) in [6.45, 7) is 6.99. The summed E-state index contributed by atoms with van der Waals surface area (Å²) in [4.78, 5) is 0. The number of rotatable bonds is 0. The second-order valence-corrected chi connectivity index (χ2v) is 1.86. The highest BCUT2D eigenvalue weighted by Crippen LogP contribution is 1.80. The van der Waals surface area contributed by atoms with Crippen LogP contribution in [0.15, 0.2) is 0 Å². The molecule has 1 heterocycles. The van der Waals surface area contributed by atoms with Crippen LogP contribution >= 0.6 is 0 Å². The van der Waals surface area contributed by atoms with Crippen LogP contribution in [0.5, 0.6) is 0 Å². The second-order valence-electron chi connectivity index (χ2n) is 1.86. The smallest absolute Gasteiger partial charge is 0.0193 e. The Balaban J connectivity index is 2.12. The van der Waals surface area contributed by atoms with Crippen molar-refractivity contribution < 1.29 is 0 Å². The highest BCUT2D eigenvalue weighted by Gasteiger charge is 2.03. The quantitative estimate of drug-likeness (QED) is 0.423. The first-order valence-electron chi connectivity index (χ1n) is 2.67. The summed E-state index contributed by atoms with van der Waals surface area (Å²) in [5.41, 5.74) is 0. The average molecular weight is 99.2 g/mol. The van der Waals surface area contributed by atoms with E-state index in [4.69, 9.17) is 0 Å². The molecular formula is C5H11N2. The molecule has 1 fully saturated rings. The van der Waals surface area contributed by atoms with Gasteiger partial charge in [-0.2, -0.15) is 0 Å². The van der Waals surface area contributed by atoms with Crippen molar-refractivity contribution in [2.75, 3.05) is 19.6 Å². The van der Waals surface area contributed by atoms with Crippen molar-refractivity contribution in [1.82, 2.24) is 10.6 Å². The Labute approximate surface area is 44.3 Å². The van der Waals surface area contributed by atoms with E-state index in [0.717, 1.165) is 19.6 Å². The van der Waals surface area contributed by atoms with Crippen LogP contribution in [0.4, 0.5) is 0 Å². The van der Waals surface area contributed by atoms with Crippen molar-refractivity contribution in [2.45, 2.75) is 6.04 Å². The molecule has 0 aliphatic carbocycles. The van der Waals surface area contributed by atoms with E-state index < -0.39 is 0 Å². The largest absolute Gasteiger partial charge is 0.314 e. The molecule has 0 unspecified atom stereocenters. The molecule has 0 bridgehead atoms. The van der Waals surface area contributed by atoms with Gasteiger partial charge in [-0.25, -0.2) is 0 Å². The lowest BCUT2D eigenvalue weighted by molar-refractivity contribution is 0.469. The standard InChI is InChI=1S/C5H11N2/c1-5-4-6-2-3-7-5/h5-7H,1-4H2/t5-/m1/s1. The predicted molar refractivity (Wildman–Crippen MR) is 30.0 cm³/mol. The van der Waals surface area contributed by atoms with E-state index in [0.29, 0.717) is 6.04 Å². The maximum Gasteiger partial charge on any atom is 0.0193 e. The van der Waals surface area contributed by atoms with Crippen molar-refractivity contribution in [1.29, 1.82) is 0 Å². The number of piperazine rings is 1. The van der Waals surface area contributed by atoms with Gasteiger partial charge in [0.2, 0.25) is 0 Å². The van der Waals surface area contributed by atoms with Gasteiger partial charge in [0.15, 0.2) is 0 Å². The minimum Gasteiger partial charge on any atom is -0.314 e. The maximum atomic E-state index is 3.82. The third kappa shape index (κ3) is 1.45. The first-order chi connectivity index (χ1) is 3.39. The van der Waals surface area contributed by atoms with Crippen molar-refractivity contribution in [3.05, 3.63) is 6.92 Å². The highest BCUT2D eigenvalue weighted by atomic mass is 15.0. The van der Waals surface area contributed by atoms with Gasteiger partial charge < -0.3 is 10.6 Å². The molecule has 1 radical (unpaired) electrons. The molecule has 2 nitrogen and oxygen atoms in total. The Hall–Kier alpha value is -0.0800. The lowest BCUT2D eigenvalue weighted by Gasteiger charge is -2.19. The predicted octanol–water partition coefficient (Wildman–Crippen LogP) is -0.618. The number of hydrogen-bond acceptors (Lipinski definition) is 2. The zero-order valence-corrected chi connectivity index (χ0v) is 4.41. The molecule has 1 aliphatic rings. The Kier molecular flexibility index (Phi) is 1.65. The first-order valence-corrected chi connectivity index (χ1v) is 2.67. The van der Waals surface area contributed by atoms with Crippen LogP contribution in [0.2, 0.25) is 0 Å². The van der Waals surface area contributed by atoms with E-state index in [2.05, 4.69) is 17.6 Å². The molecule has 0 spiro atoms. The van der Waals surface area contributed by atoms with Gasteiger partial charge >= 0.3 is 0 Å². The Morgan fingerprint density at radius 2 is 2.29 bits per heavy atom. The summed E-state index contributed by atoms with van der Waals surface area (Å²) in [7, 11) is 0. The number of nitrogens with one attached hydrogen (secondary N) is 2. The van der Waals surface area contributed by atoms with Crippen LogP contribution in [0.3, 0.4) is 0 Å². The minimum atomic E-state index is 0.425. The summed E-state index contributed by atoms with van der Waals surface area (Å²) >= 11 is 0. The van der Waals surface area contributed by atoms with Crippen LogP contribution in [0.1, 0.15) is 0 Å². The van der Waals surface area contributed by atoms with Gasteiger partial charge in [0.05, 0.1) is 0 Å². The van der Waals surface area contributed by atoms with Gasteiger partial charge in [-0.3, -0.25) is 0 Å². The lowest BCUT2D eigenvalue weighted by Crippen LogP contribution is -2.46. The molecule has 1 atom stereocenters. The van der Waals surface area contributed by atoms with E-state index in [1.54, 1.807) is 0 Å². The third-order valence-corrected chi connectivity index (χ3v) is 1.13. The topological polar surface area (TPSA) is 24.1 Å². The lowest BCUT2D eigenvalue weighted by atomic mass is 10.3. The fraction of sp³-hybridized carbons (Fsp3) is 0.800. The van der Waals surface area contributed by atoms with Gasteiger partial charge in [0, 0.05) is 25.7 Å². The molecule has 0 aromatic heterocycles.